The number of hydrogen-bond donors (Lipinski definition) is 0. The van der Waals surface area contributed by atoms with Crippen LogP contribution < -0.4 is 0 Å². The van der Waals surface area contributed by atoms with Crippen molar-refractivity contribution in [2.24, 2.45) is 0 Å². The van der Waals surface area contributed by atoms with Crippen LogP contribution in [0.4, 0.5) is 4.39 Å². The molecule has 0 amide bonds. The van der Waals surface area contributed by atoms with Crippen LogP contribution in [0.5, 0.6) is 0 Å². The summed E-state index contributed by atoms with van der Waals surface area (Å²) >= 11 is 0. The van der Waals surface area contributed by atoms with Gasteiger partial charge in [0.15, 0.2) is 0 Å². The maximum absolute atomic E-state index is 13.4. The maximum Gasteiger partial charge on any atom is 0.123 e. The molecule has 142 valence electrons. The number of aromatic nitrogens is 2. The highest BCUT2D eigenvalue weighted by Gasteiger charge is 2.26. The zero-order valence-electron chi connectivity index (χ0n) is 15.9. The van der Waals surface area contributed by atoms with E-state index in [1.807, 2.05) is 12.1 Å². The third-order valence-corrected chi connectivity index (χ3v) is 5.79. The minimum Gasteiger partial charge on any atom is -0.328 e. The summed E-state index contributed by atoms with van der Waals surface area (Å²) in [7, 11) is 0. The minimum atomic E-state index is -0.203. The molecule has 1 aromatic heterocycles. The van der Waals surface area contributed by atoms with Crippen LogP contribution in [0, 0.1) is 5.82 Å². The van der Waals surface area contributed by atoms with Crippen LogP contribution in [-0.4, -0.2) is 27.5 Å². The van der Waals surface area contributed by atoms with Gasteiger partial charge in [-0.25, -0.2) is 9.37 Å². The van der Waals surface area contributed by atoms with E-state index in [9.17, 15) is 4.39 Å². The quantitative estimate of drug-likeness (QED) is 0.645. The molecule has 0 saturated heterocycles. The van der Waals surface area contributed by atoms with Gasteiger partial charge in [-0.15, -0.1) is 0 Å². The molecule has 0 aliphatic carbocycles. The van der Waals surface area contributed by atoms with Crippen molar-refractivity contribution in [1.82, 2.24) is 14.5 Å². The van der Waals surface area contributed by atoms with Crippen molar-refractivity contribution in [2.75, 3.05) is 13.1 Å². The Morgan fingerprint density at radius 2 is 1.79 bits per heavy atom. The van der Waals surface area contributed by atoms with Gasteiger partial charge >= 0.3 is 0 Å². The van der Waals surface area contributed by atoms with Crippen molar-refractivity contribution in [3.63, 3.8) is 0 Å². The zero-order valence-corrected chi connectivity index (χ0v) is 15.9. The highest BCUT2D eigenvalue weighted by molar-refractivity contribution is 5.78. The fourth-order valence-electron chi connectivity index (χ4n) is 4.37. The van der Waals surface area contributed by atoms with Gasteiger partial charge in [-0.2, -0.15) is 0 Å². The van der Waals surface area contributed by atoms with Crippen molar-refractivity contribution in [2.45, 2.75) is 32.4 Å². The lowest BCUT2D eigenvalue weighted by Gasteiger charge is -2.27. The predicted octanol–water partition coefficient (Wildman–Crippen LogP) is 4.92. The number of hydrogen-bond acceptors (Lipinski definition) is 2. The number of nitrogens with zero attached hydrogens (tertiary/aromatic N) is 3. The SMILES string of the molecule is Fc1ccc(-c2nc3n(c2C2=C[14CH2]N(Cc4ccccc4)CC2)CCC3)cc1. The molecule has 2 aromatic carbocycles. The first-order valence-electron chi connectivity index (χ1n) is 10.1. The third-order valence-electron chi connectivity index (χ3n) is 5.79. The van der Waals surface area contributed by atoms with E-state index in [1.165, 1.54) is 34.8 Å². The number of rotatable bonds is 4. The molecule has 5 rings (SSSR count). The second-order valence-electron chi connectivity index (χ2n) is 7.69. The summed E-state index contributed by atoms with van der Waals surface area (Å²) in [6, 6.07) is 17.4. The van der Waals surface area contributed by atoms with Crippen molar-refractivity contribution < 1.29 is 4.39 Å². The van der Waals surface area contributed by atoms with Gasteiger partial charge < -0.3 is 4.57 Å². The van der Waals surface area contributed by atoms with Crippen molar-refractivity contribution >= 4 is 5.57 Å². The molecule has 28 heavy (non-hydrogen) atoms. The van der Waals surface area contributed by atoms with Gasteiger partial charge in [0.05, 0.1) is 11.4 Å². The van der Waals surface area contributed by atoms with Crippen LogP contribution in [0.2, 0.25) is 0 Å². The summed E-state index contributed by atoms with van der Waals surface area (Å²) in [5.74, 6) is 0.965. The fraction of sp³-hybridized carbons (Fsp3) is 0.292. The molecule has 0 fully saturated rings. The lowest BCUT2D eigenvalue weighted by molar-refractivity contribution is 0.293. The molecule has 0 unspecified atom stereocenters. The van der Waals surface area contributed by atoms with Gasteiger partial charge in [-0.1, -0.05) is 36.4 Å². The lowest BCUT2D eigenvalue weighted by atomic mass is 10.0. The Kier molecular flexibility index (Phi) is 4.57. The van der Waals surface area contributed by atoms with Crippen molar-refractivity contribution in [3.8, 4) is 11.3 Å². The van der Waals surface area contributed by atoms with E-state index in [4.69, 9.17) is 4.98 Å². The minimum absolute atomic E-state index is 0.203. The topological polar surface area (TPSA) is 21.1 Å². The first-order valence-corrected chi connectivity index (χ1v) is 10.1. The molecule has 0 N–H and O–H groups in total. The number of imidazole rings is 1. The summed E-state index contributed by atoms with van der Waals surface area (Å²) in [6.45, 7) is 4.02. The molecule has 0 saturated carbocycles. The number of benzene rings is 2. The molecule has 2 aliphatic heterocycles. The monoisotopic (exact) mass is 375 g/mol. The highest BCUT2D eigenvalue weighted by Crippen LogP contribution is 2.35. The van der Waals surface area contributed by atoms with Crippen LogP contribution in [0.25, 0.3) is 16.8 Å². The van der Waals surface area contributed by atoms with Gasteiger partial charge in [0.25, 0.3) is 0 Å². The second kappa shape index (κ2) is 7.36. The molecule has 0 atom stereocenters. The van der Waals surface area contributed by atoms with Gasteiger partial charge in [-0.05, 0) is 48.2 Å². The van der Waals surface area contributed by atoms with E-state index in [1.54, 1.807) is 0 Å². The standard InChI is InChI=1S/C24H24FN3/c25-21-10-8-19(9-11-21)23-24(28-14-4-7-22(28)26-23)20-12-15-27(16-13-20)17-18-5-2-1-3-6-18/h1-3,5-6,8-12H,4,7,13-17H2/i15+2. The Morgan fingerprint density at radius 1 is 0.964 bits per heavy atom. The zero-order chi connectivity index (χ0) is 18.9. The van der Waals surface area contributed by atoms with E-state index in [-0.39, 0.29) is 5.82 Å². The smallest absolute Gasteiger partial charge is 0.123 e. The third kappa shape index (κ3) is 3.29. The second-order valence-corrected chi connectivity index (χ2v) is 7.69. The molecule has 0 spiro atoms. The van der Waals surface area contributed by atoms with Crippen LogP contribution in [0.3, 0.4) is 0 Å². The first kappa shape index (κ1) is 17.4. The molecular formula is C24H24FN3. The number of halogens is 1. The highest BCUT2D eigenvalue weighted by atomic mass is 19.1. The molecule has 3 heterocycles. The predicted molar refractivity (Wildman–Crippen MR) is 110 cm³/mol. The Balaban J connectivity index is 1.44. The molecule has 0 radical (unpaired) electrons. The van der Waals surface area contributed by atoms with Gasteiger partial charge in [0.1, 0.15) is 11.6 Å². The van der Waals surface area contributed by atoms with E-state index in [0.717, 1.165) is 56.7 Å². The summed E-state index contributed by atoms with van der Waals surface area (Å²) in [5.41, 5.74) is 6.00. The Bertz CT molecular complexity index is 1000. The van der Waals surface area contributed by atoms with E-state index in [2.05, 4.69) is 45.9 Å². The average Bonchev–Trinajstić information content (AvgIpc) is 3.31. The van der Waals surface area contributed by atoms with Crippen molar-refractivity contribution in [1.29, 1.82) is 0 Å². The summed E-state index contributed by atoms with van der Waals surface area (Å²) in [5, 5.41) is 0. The van der Waals surface area contributed by atoms with Gasteiger partial charge in [0.2, 0.25) is 0 Å². The summed E-state index contributed by atoms with van der Waals surface area (Å²) in [4.78, 5) is 7.42. The largest absolute Gasteiger partial charge is 0.328 e. The number of fused-ring (bicyclic) bond motifs is 1. The molecule has 4 heteroatoms. The average molecular weight is 375 g/mol. The molecule has 3 aromatic rings. The summed E-state index contributed by atoms with van der Waals surface area (Å²) in [6.07, 6.45) is 5.57. The van der Waals surface area contributed by atoms with E-state index < -0.39 is 0 Å². The van der Waals surface area contributed by atoms with E-state index in [0.29, 0.717) is 0 Å². The Morgan fingerprint density at radius 3 is 2.54 bits per heavy atom. The first-order chi connectivity index (χ1) is 13.8. The number of aryl methyl sites for hydroxylation is 1. The van der Waals surface area contributed by atoms with Crippen LogP contribution in [-0.2, 0) is 19.5 Å². The Labute approximate surface area is 165 Å². The molecular weight excluding hydrogens is 351 g/mol. The molecule has 2 aliphatic rings. The van der Waals surface area contributed by atoms with Gasteiger partial charge in [-0.3, -0.25) is 4.90 Å². The van der Waals surface area contributed by atoms with Crippen LogP contribution in [0.1, 0.15) is 29.9 Å². The lowest BCUT2D eigenvalue weighted by Crippen LogP contribution is -2.28. The Hall–Kier alpha value is -2.72. The summed E-state index contributed by atoms with van der Waals surface area (Å²) < 4.78 is 15.8. The van der Waals surface area contributed by atoms with E-state index >= 15 is 0 Å². The van der Waals surface area contributed by atoms with Crippen molar-refractivity contribution in [3.05, 3.63) is 83.6 Å². The molecule has 3 nitrogen and oxygen atoms in total. The van der Waals surface area contributed by atoms with Crippen LogP contribution in [0.15, 0.2) is 60.7 Å². The normalized spacial score (nSPS) is 16.8. The molecule has 0 bridgehead atoms. The van der Waals surface area contributed by atoms with Crippen LogP contribution >= 0.6 is 0 Å². The fourth-order valence-corrected chi connectivity index (χ4v) is 4.37. The van der Waals surface area contributed by atoms with Gasteiger partial charge in [0, 0.05) is 38.2 Å². The maximum atomic E-state index is 13.4.